The Balaban J connectivity index is 1.98. The standard InChI is InChI=1S/C18H17ClN4O4S/c1-9(2)7-27-18(24)15-10(3)14-16(20-8-21-17(14)28-15)22-11-4-5-12(19)13(6-11)23(25)26/h4-6,8-9H,7H2,1-3H3,(H,20,21,22). The number of fused-ring (bicyclic) bond motifs is 1. The number of aromatic nitrogens is 2. The Morgan fingerprint density at radius 2 is 2.14 bits per heavy atom. The Hall–Kier alpha value is -2.78. The molecule has 8 nitrogen and oxygen atoms in total. The number of halogens is 1. The third kappa shape index (κ3) is 4.05. The number of thiophene rings is 1. The number of carbonyl (C=O) groups excluding carboxylic acids is 1. The van der Waals surface area contributed by atoms with Crippen LogP contribution in [0.15, 0.2) is 24.5 Å². The molecule has 1 aromatic carbocycles. The summed E-state index contributed by atoms with van der Waals surface area (Å²) in [6, 6.07) is 4.38. The molecule has 2 aromatic heterocycles. The molecule has 0 amide bonds. The van der Waals surface area contributed by atoms with Crippen LogP contribution in [0.4, 0.5) is 17.2 Å². The highest BCUT2D eigenvalue weighted by atomic mass is 35.5. The molecule has 28 heavy (non-hydrogen) atoms. The summed E-state index contributed by atoms with van der Waals surface area (Å²) < 4.78 is 5.33. The molecule has 0 aliphatic heterocycles. The molecule has 10 heteroatoms. The topological polar surface area (TPSA) is 107 Å². The van der Waals surface area contributed by atoms with Crippen LogP contribution in [0.2, 0.25) is 5.02 Å². The van der Waals surface area contributed by atoms with Crippen molar-refractivity contribution in [2.75, 3.05) is 11.9 Å². The monoisotopic (exact) mass is 420 g/mol. The van der Waals surface area contributed by atoms with Crippen molar-refractivity contribution in [3.8, 4) is 0 Å². The summed E-state index contributed by atoms with van der Waals surface area (Å²) in [5.74, 6) is 0.275. The molecule has 0 fully saturated rings. The number of hydrogen-bond acceptors (Lipinski definition) is 8. The second-order valence-electron chi connectivity index (χ2n) is 6.50. The summed E-state index contributed by atoms with van der Waals surface area (Å²) in [5.41, 5.74) is 0.933. The molecule has 0 unspecified atom stereocenters. The fourth-order valence-corrected chi connectivity index (χ4v) is 3.77. The predicted molar refractivity (Wildman–Crippen MR) is 109 cm³/mol. The van der Waals surface area contributed by atoms with E-state index in [1.165, 1.54) is 29.8 Å². The van der Waals surface area contributed by atoms with E-state index < -0.39 is 10.9 Å². The van der Waals surface area contributed by atoms with Gasteiger partial charge in [-0.25, -0.2) is 14.8 Å². The number of rotatable bonds is 6. The summed E-state index contributed by atoms with van der Waals surface area (Å²) in [4.78, 5) is 32.5. The first-order valence-electron chi connectivity index (χ1n) is 8.40. The first kappa shape index (κ1) is 20.0. The number of anilines is 2. The number of carbonyl (C=O) groups is 1. The molecule has 0 atom stereocenters. The van der Waals surface area contributed by atoms with Crippen LogP contribution in [0.3, 0.4) is 0 Å². The zero-order valence-corrected chi connectivity index (χ0v) is 16.9. The van der Waals surface area contributed by atoms with Crippen LogP contribution in [0.1, 0.15) is 29.1 Å². The molecule has 0 saturated heterocycles. The molecule has 0 aliphatic rings. The van der Waals surface area contributed by atoms with Gasteiger partial charge >= 0.3 is 5.97 Å². The lowest BCUT2D eigenvalue weighted by molar-refractivity contribution is -0.384. The van der Waals surface area contributed by atoms with Gasteiger partial charge in [-0.1, -0.05) is 25.4 Å². The molecule has 0 radical (unpaired) electrons. The predicted octanol–water partition coefficient (Wildman–Crippen LogP) is 5.12. The highest BCUT2D eigenvalue weighted by molar-refractivity contribution is 7.20. The molecule has 146 valence electrons. The molecule has 3 aromatic rings. The molecule has 1 N–H and O–H groups in total. The SMILES string of the molecule is Cc1c(C(=O)OCC(C)C)sc2ncnc(Nc3ccc(Cl)c([N+](=O)[O-])c3)c12. The van der Waals surface area contributed by atoms with E-state index in [4.69, 9.17) is 16.3 Å². The van der Waals surface area contributed by atoms with Crippen LogP contribution < -0.4 is 5.32 Å². The molecule has 0 aliphatic carbocycles. The third-order valence-electron chi connectivity index (χ3n) is 3.87. The molecule has 3 rings (SSSR count). The van der Waals surface area contributed by atoms with E-state index in [2.05, 4.69) is 15.3 Å². The Bertz CT molecular complexity index is 1070. The molecular weight excluding hydrogens is 404 g/mol. The number of nitro benzene ring substituents is 1. The number of nitrogens with one attached hydrogen (secondary N) is 1. The average Bonchev–Trinajstić information content (AvgIpc) is 2.99. The number of nitrogens with zero attached hydrogens (tertiary/aromatic N) is 3. The van der Waals surface area contributed by atoms with Crippen molar-refractivity contribution in [1.82, 2.24) is 9.97 Å². The number of ether oxygens (including phenoxy) is 1. The normalized spacial score (nSPS) is 11.0. The van der Waals surface area contributed by atoms with E-state index in [1.807, 2.05) is 13.8 Å². The molecule has 2 heterocycles. The maximum absolute atomic E-state index is 12.4. The lowest BCUT2D eigenvalue weighted by Crippen LogP contribution is -2.09. The second kappa shape index (κ2) is 8.07. The van der Waals surface area contributed by atoms with Gasteiger partial charge < -0.3 is 10.1 Å². The zero-order valence-electron chi connectivity index (χ0n) is 15.4. The second-order valence-corrected chi connectivity index (χ2v) is 7.91. The molecule has 0 saturated carbocycles. The molecule has 0 bridgehead atoms. The highest BCUT2D eigenvalue weighted by Crippen LogP contribution is 2.36. The Kier molecular flexibility index (Phi) is 5.76. The number of esters is 1. The van der Waals surface area contributed by atoms with Crippen LogP contribution in [0.25, 0.3) is 10.2 Å². The quantitative estimate of drug-likeness (QED) is 0.335. The van der Waals surface area contributed by atoms with Crippen LogP contribution in [0, 0.1) is 23.0 Å². The fraction of sp³-hybridized carbons (Fsp3) is 0.278. The van der Waals surface area contributed by atoms with E-state index >= 15 is 0 Å². The summed E-state index contributed by atoms with van der Waals surface area (Å²) in [6.07, 6.45) is 1.37. The lowest BCUT2D eigenvalue weighted by Gasteiger charge is -2.08. The van der Waals surface area contributed by atoms with Crippen molar-refractivity contribution < 1.29 is 14.5 Å². The molecule has 0 spiro atoms. The van der Waals surface area contributed by atoms with Gasteiger partial charge in [-0.2, -0.15) is 0 Å². The van der Waals surface area contributed by atoms with Gasteiger partial charge in [0.15, 0.2) is 0 Å². The number of aryl methyl sites for hydroxylation is 1. The van der Waals surface area contributed by atoms with Gasteiger partial charge in [-0.05, 0) is 30.5 Å². The smallest absolute Gasteiger partial charge is 0.348 e. The Labute approximate surface area is 169 Å². The first-order chi connectivity index (χ1) is 13.3. The largest absolute Gasteiger partial charge is 0.461 e. The van der Waals surface area contributed by atoms with E-state index in [-0.39, 0.29) is 16.6 Å². The minimum atomic E-state index is -0.554. The summed E-state index contributed by atoms with van der Waals surface area (Å²) in [5, 5.41) is 14.9. The average molecular weight is 421 g/mol. The van der Waals surface area contributed by atoms with Gasteiger partial charge in [0.05, 0.1) is 16.9 Å². The Morgan fingerprint density at radius 3 is 2.82 bits per heavy atom. The van der Waals surface area contributed by atoms with Crippen LogP contribution in [-0.2, 0) is 4.74 Å². The zero-order chi connectivity index (χ0) is 20.4. The number of hydrogen-bond donors (Lipinski definition) is 1. The summed E-state index contributed by atoms with van der Waals surface area (Å²) >= 11 is 7.08. The highest BCUT2D eigenvalue weighted by Gasteiger charge is 2.21. The van der Waals surface area contributed by atoms with Gasteiger partial charge in [-0.3, -0.25) is 10.1 Å². The summed E-state index contributed by atoms with van der Waals surface area (Å²) in [6.45, 7) is 6.05. The molecular formula is C18H17ClN4O4S. The van der Waals surface area contributed by atoms with Gasteiger partial charge in [0.1, 0.15) is 26.9 Å². The van der Waals surface area contributed by atoms with Crippen molar-refractivity contribution in [1.29, 1.82) is 0 Å². The van der Waals surface area contributed by atoms with Gasteiger partial charge in [0.25, 0.3) is 5.69 Å². The van der Waals surface area contributed by atoms with Crippen molar-refractivity contribution in [2.45, 2.75) is 20.8 Å². The van der Waals surface area contributed by atoms with Gasteiger partial charge in [0, 0.05) is 11.8 Å². The fourth-order valence-electron chi connectivity index (χ4n) is 2.54. The minimum Gasteiger partial charge on any atom is -0.461 e. The van der Waals surface area contributed by atoms with Crippen LogP contribution in [0.5, 0.6) is 0 Å². The van der Waals surface area contributed by atoms with Gasteiger partial charge in [0.2, 0.25) is 0 Å². The maximum Gasteiger partial charge on any atom is 0.348 e. The van der Waals surface area contributed by atoms with E-state index in [0.717, 1.165) is 0 Å². The summed E-state index contributed by atoms with van der Waals surface area (Å²) in [7, 11) is 0. The van der Waals surface area contributed by atoms with E-state index in [0.29, 0.717) is 38.8 Å². The maximum atomic E-state index is 12.4. The van der Waals surface area contributed by atoms with E-state index in [9.17, 15) is 14.9 Å². The van der Waals surface area contributed by atoms with Crippen LogP contribution >= 0.6 is 22.9 Å². The minimum absolute atomic E-state index is 0.0466. The van der Waals surface area contributed by atoms with Crippen molar-refractivity contribution in [2.24, 2.45) is 5.92 Å². The number of benzene rings is 1. The van der Waals surface area contributed by atoms with Crippen molar-refractivity contribution >= 4 is 56.3 Å². The Morgan fingerprint density at radius 1 is 1.39 bits per heavy atom. The lowest BCUT2D eigenvalue weighted by atomic mass is 10.2. The third-order valence-corrected chi connectivity index (χ3v) is 5.37. The number of nitro groups is 1. The van der Waals surface area contributed by atoms with Crippen molar-refractivity contribution in [3.63, 3.8) is 0 Å². The van der Waals surface area contributed by atoms with Gasteiger partial charge in [-0.15, -0.1) is 11.3 Å². The van der Waals surface area contributed by atoms with E-state index in [1.54, 1.807) is 13.0 Å². The van der Waals surface area contributed by atoms with Crippen LogP contribution in [-0.4, -0.2) is 27.5 Å². The first-order valence-corrected chi connectivity index (χ1v) is 9.59. The van der Waals surface area contributed by atoms with Crippen molar-refractivity contribution in [3.05, 3.63) is 50.1 Å².